The highest BCUT2D eigenvalue weighted by Gasteiger charge is 2.26. The van der Waals surface area contributed by atoms with Crippen molar-refractivity contribution in [2.75, 3.05) is 13.2 Å². The van der Waals surface area contributed by atoms with E-state index in [2.05, 4.69) is 0 Å². The van der Waals surface area contributed by atoms with Gasteiger partial charge in [0.05, 0.1) is 15.5 Å². The Morgan fingerprint density at radius 1 is 1.45 bits per heavy atom. The second-order valence-corrected chi connectivity index (χ2v) is 4.49. The van der Waals surface area contributed by atoms with Crippen molar-refractivity contribution in [2.45, 2.75) is 26.7 Å². The molecule has 6 nitrogen and oxygen atoms in total. The summed E-state index contributed by atoms with van der Waals surface area (Å²) < 4.78 is 4.94. The van der Waals surface area contributed by atoms with E-state index in [1.807, 2.05) is 0 Å². The van der Waals surface area contributed by atoms with E-state index in [4.69, 9.17) is 22.1 Å². The van der Waals surface area contributed by atoms with E-state index in [0.29, 0.717) is 24.0 Å². The molecule has 1 aromatic rings. The fourth-order valence-electron chi connectivity index (χ4n) is 1.96. The van der Waals surface area contributed by atoms with E-state index >= 15 is 0 Å². The zero-order valence-electron chi connectivity index (χ0n) is 11.4. The molecule has 110 valence electrons. The van der Waals surface area contributed by atoms with Crippen molar-refractivity contribution in [3.05, 3.63) is 37.9 Å². The van der Waals surface area contributed by atoms with Gasteiger partial charge in [0.2, 0.25) is 0 Å². The smallest absolute Gasteiger partial charge is 0.339 e. The Morgan fingerprint density at radius 2 is 2.10 bits per heavy atom. The van der Waals surface area contributed by atoms with Gasteiger partial charge in [0, 0.05) is 17.7 Å². The number of benzene rings is 1. The molecule has 0 heterocycles. The van der Waals surface area contributed by atoms with Gasteiger partial charge >= 0.3 is 5.97 Å². The first-order chi connectivity index (χ1) is 9.47. The predicted molar refractivity (Wildman–Crippen MR) is 76.2 cm³/mol. The number of nitrogens with two attached hydrogens (primary N) is 1. The molecule has 0 aliphatic carbocycles. The third-order valence-corrected chi connectivity index (χ3v) is 3.33. The van der Waals surface area contributed by atoms with Crippen LogP contribution < -0.4 is 5.73 Å². The number of aryl methyl sites for hydroxylation is 1. The third kappa shape index (κ3) is 3.26. The summed E-state index contributed by atoms with van der Waals surface area (Å²) in [6.45, 7) is 3.82. The Bertz CT molecular complexity index is 532. The van der Waals surface area contributed by atoms with Gasteiger partial charge in [-0.1, -0.05) is 25.4 Å². The molecule has 0 spiro atoms. The Hall–Kier alpha value is -1.66. The molecule has 0 saturated heterocycles. The summed E-state index contributed by atoms with van der Waals surface area (Å²) in [4.78, 5) is 22.6. The van der Waals surface area contributed by atoms with Crippen LogP contribution in [-0.4, -0.2) is 24.0 Å². The highest BCUT2D eigenvalue weighted by atomic mass is 35.5. The number of hydrogen-bond acceptors (Lipinski definition) is 5. The maximum absolute atomic E-state index is 11.9. The highest BCUT2D eigenvalue weighted by molar-refractivity contribution is 6.34. The number of carbonyl (C=O) groups is 1. The summed E-state index contributed by atoms with van der Waals surface area (Å²) in [5, 5.41) is 11.3. The first-order valence-electron chi connectivity index (χ1n) is 6.33. The number of nitrogens with zero attached hydrogens (tertiary/aromatic N) is 1. The van der Waals surface area contributed by atoms with E-state index in [-0.39, 0.29) is 29.4 Å². The number of nitro benzene ring substituents is 1. The van der Waals surface area contributed by atoms with Crippen LogP contribution in [0.3, 0.4) is 0 Å². The quantitative estimate of drug-likeness (QED) is 0.494. The minimum Gasteiger partial charge on any atom is -0.461 e. The van der Waals surface area contributed by atoms with Crippen molar-refractivity contribution in [1.82, 2.24) is 0 Å². The fourth-order valence-corrected chi connectivity index (χ4v) is 2.32. The van der Waals surface area contributed by atoms with Crippen LogP contribution in [0.5, 0.6) is 0 Å². The molecule has 0 unspecified atom stereocenters. The zero-order valence-corrected chi connectivity index (χ0v) is 12.2. The Balaban J connectivity index is 3.42. The second kappa shape index (κ2) is 7.21. The fraction of sp³-hybridized carbons (Fsp3) is 0.462. The Kier molecular flexibility index (Phi) is 5.91. The van der Waals surface area contributed by atoms with Crippen LogP contribution in [0.25, 0.3) is 0 Å². The second-order valence-electron chi connectivity index (χ2n) is 4.11. The SMILES string of the molecule is CCc1cc(C(=O)OCCN)c(Cl)c(CC)c1[N+](=O)[O-]. The van der Waals surface area contributed by atoms with Gasteiger partial charge in [-0.15, -0.1) is 0 Å². The summed E-state index contributed by atoms with van der Waals surface area (Å²) in [7, 11) is 0. The van der Waals surface area contributed by atoms with Crippen LogP contribution in [-0.2, 0) is 17.6 Å². The molecule has 1 aromatic carbocycles. The minimum absolute atomic E-state index is 0.0182. The molecular weight excluding hydrogens is 284 g/mol. The molecule has 0 aliphatic heterocycles. The average Bonchev–Trinajstić information content (AvgIpc) is 2.43. The maximum atomic E-state index is 11.9. The molecule has 0 bridgehead atoms. The van der Waals surface area contributed by atoms with Crippen molar-refractivity contribution >= 4 is 23.3 Å². The van der Waals surface area contributed by atoms with Gasteiger partial charge in [-0.25, -0.2) is 4.79 Å². The average molecular weight is 301 g/mol. The topological polar surface area (TPSA) is 95.5 Å². The van der Waals surface area contributed by atoms with Crippen molar-refractivity contribution in [2.24, 2.45) is 5.73 Å². The number of hydrogen-bond donors (Lipinski definition) is 1. The van der Waals surface area contributed by atoms with E-state index in [1.165, 1.54) is 6.07 Å². The first kappa shape index (κ1) is 16.4. The van der Waals surface area contributed by atoms with E-state index in [9.17, 15) is 14.9 Å². The number of halogens is 1. The molecule has 0 saturated carbocycles. The number of nitro groups is 1. The van der Waals surface area contributed by atoms with Gasteiger partial charge in [0.15, 0.2) is 0 Å². The monoisotopic (exact) mass is 300 g/mol. The predicted octanol–water partition coefficient (Wildman–Crippen LogP) is 2.49. The van der Waals surface area contributed by atoms with Crippen LogP contribution in [0.1, 0.15) is 35.3 Å². The van der Waals surface area contributed by atoms with Gasteiger partial charge in [0.25, 0.3) is 5.69 Å². The molecule has 2 N–H and O–H groups in total. The number of esters is 1. The number of rotatable bonds is 6. The van der Waals surface area contributed by atoms with Crippen LogP contribution in [0.15, 0.2) is 6.07 Å². The van der Waals surface area contributed by atoms with E-state index < -0.39 is 10.9 Å². The summed E-state index contributed by atoms with van der Waals surface area (Å²) in [6.07, 6.45) is 0.789. The first-order valence-corrected chi connectivity index (χ1v) is 6.71. The van der Waals surface area contributed by atoms with Gasteiger partial charge in [-0.3, -0.25) is 10.1 Å². The lowest BCUT2D eigenvalue weighted by Gasteiger charge is -2.12. The van der Waals surface area contributed by atoms with Gasteiger partial charge in [0.1, 0.15) is 6.61 Å². The molecular formula is C13H17ClN2O4. The summed E-state index contributed by atoms with van der Waals surface area (Å²) in [6, 6.07) is 1.43. The van der Waals surface area contributed by atoms with Crippen LogP contribution in [0.4, 0.5) is 5.69 Å². The molecule has 1 rings (SSSR count). The number of ether oxygens (including phenoxy) is 1. The standard InChI is InChI=1S/C13H17ClN2O4/c1-3-8-7-10(13(17)20-6-5-15)11(14)9(4-2)12(8)16(18)19/h7H,3-6,15H2,1-2H3. The van der Waals surface area contributed by atoms with Gasteiger partial charge in [-0.2, -0.15) is 0 Å². The Morgan fingerprint density at radius 3 is 2.55 bits per heavy atom. The third-order valence-electron chi connectivity index (χ3n) is 2.90. The van der Waals surface area contributed by atoms with Crippen molar-refractivity contribution in [3.63, 3.8) is 0 Å². The summed E-state index contributed by atoms with van der Waals surface area (Å²) in [5.41, 5.74) is 6.23. The lowest BCUT2D eigenvalue weighted by atomic mass is 9.99. The molecule has 0 aliphatic rings. The van der Waals surface area contributed by atoms with Gasteiger partial charge in [-0.05, 0) is 18.9 Å². The van der Waals surface area contributed by atoms with Crippen LogP contribution in [0, 0.1) is 10.1 Å². The zero-order chi connectivity index (χ0) is 15.3. The molecule has 0 atom stereocenters. The van der Waals surface area contributed by atoms with Crippen LogP contribution in [0.2, 0.25) is 5.02 Å². The van der Waals surface area contributed by atoms with Crippen molar-refractivity contribution in [1.29, 1.82) is 0 Å². The van der Waals surface area contributed by atoms with E-state index in [1.54, 1.807) is 13.8 Å². The molecule has 0 fully saturated rings. The highest BCUT2D eigenvalue weighted by Crippen LogP contribution is 2.34. The largest absolute Gasteiger partial charge is 0.461 e. The lowest BCUT2D eigenvalue weighted by molar-refractivity contribution is -0.386. The van der Waals surface area contributed by atoms with E-state index in [0.717, 1.165) is 0 Å². The van der Waals surface area contributed by atoms with Crippen molar-refractivity contribution < 1.29 is 14.5 Å². The maximum Gasteiger partial charge on any atom is 0.339 e. The molecule has 20 heavy (non-hydrogen) atoms. The lowest BCUT2D eigenvalue weighted by Crippen LogP contribution is -2.15. The molecule has 0 aromatic heterocycles. The molecule has 0 amide bonds. The minimum atomic E-state index is -0.611. The Labute approximate surface area is 122 Å². The molecule has 7 heteroatoms. The van der Waals surface area contributed by atoms with Crippen molar-refractivity contribution in [3.8, 4) is 0 Å². The molecule has 0 radical (unpaired) electrons. The van der Waals surface area contributed by atoms with Gasteiger partial charge < -0.3 is 10.5 Å². The summed E-state index contributed by atoms with van der Waals surface area (Å²) in [5.74, 6) is -0.611. The number of carbonyl (C=O) groups excluding carboxylic acids is 1. The summed E-state index contributed by atoms with van der Waals surface area (Å²) >= 11 is 6.12. The van der Waals surface area contributed by atoms with Crippen LogP contribution >= 0.6 is 11.6 Å². The normalized spacial score (nSPS) is 10.4.